The van der Waals surface area contributed by atoms with Crippen molar-refractivity contribution in [3.8, 4) is 6.07 Å². The van der Waals surface area contributed by atoms with Crippen molar-refractivity contribution in [2.75, 3.05) is 18.5 Å². The highest BCUT2D eigenvalue weighted by Crippen LogP contribution is 2.21. The molecule has 2 aromatic rings. The van der Waals surface area contributed by atoms with Crippen LogP contribution in [0.4, 0.5) is 5.69 Å². The summed E-state index contributed by atoms with van der Waals surface area (Å²) < 4.78 is 33.7. The number of amides is 1. The Bertz CT molecular complexity index is 994. The molecular weight excluding hydrogens is 415 g/mol. The smallest absolute Gasteiger partial charge is 0.493 e. The molecule has 0 spiro atoms. The van der Waals surface area contributed by atoms with Gasteiger partial charge in [-0.3, -0.25) is 9.00 Å². The van der Waals surface area contributed by atoms with Crippen LogP contribution in [0.25, 0.3) is 0 Å². The first kappa shape index (κ1) is 23.2. The maximum Gasteiger partial charge on any atom is 0.493 e. The molecule has 162 valence electrons. The normalized spacial score (nSPS) is 16.4. The van der Waals surface area contributed by atoms with E-state index in [4.69, 9.17) is 14.6 Å². The molecule has 0 bridgehead atoms. The van der Waals surface area contributed by atoms with Gasteiger partial charge in [-0.25, -0.2) is 0 Å². The molecule has 0 aliphatic carbocycles. The van der Waals surface area contributed by atoms with Crippen molar-refractivity contribution in [3.63, 3.8) is 0 Å². The lowest BCUT2D eigenvalue weighted by Gasteiger charge is -2.33. The lowest BCUT2D eigenvalue weighted by atomic mass is 9.75. The minimum atomic E-state index is -2.50. The van der Waals surface area contributed by atoms with Crippen LogP contribution < -0.4 is 10.8 Å². The van der Waals surface area contributed by atoms with Gasteiger partial charge in [0.15, 0.2) is 0 Å². The summed E-state index contributed by atoms with van der Waals surface area (Å²) >= 11 is -2.50. The van der Waals surface area contributed by atoms with E-state index in [0.717, 1.165) is 17.4 Å². The molecule has 3 rings (SSSR count). The van der Waals surface area contributed by atoms with Crippen LogP contribution in [0.5, 0.6) is 0 Å². The van der Waals surface area contributed by atoms with Gasteiger partial charge in [-0.05, 0) is 53.1 Å². The number of rotatable bonds is 7. The Balaban J connectivity index is 1.46. The highest BCUT2D eigenvalue weighted by Gasteiger charge is 2.33. The van der Waals surface area contributed by atoms with Gasteiger partial charge in [0.05, 0.1) is 5.56 Å². The molecule has 1 N–H and O–H groups in total. The number of nitriles is 1. The second-order valence-electron chi connectivity index (χ2n) is 8.32. The molecule has 31 heavy (non-hydrogen) atoms. The minimum Gasteiger partial charge on any atom is -0.768 e. The lowest BCUT2D eigenvalue weighted by Crippen LogP contribution is -2.47. The van der Waals surface area contributed by atoms with Crippen LogP contribution in [-0.4, -0.2) is 35.0 Å². The Kier molecular flexibility index (Phi) is 7.62. The first-order valence-corrected chi connectivity index (χ1v) is 11.1. The summed E-state index contributed by atoms with van der Waals surface area (Å²) in [6.07, 6.45) is 1.71. The second-order valence-corrected chi connectivity index (χ2v) is 9.23. The Morgan fingerprint density at radius 3 is 2.52 bits per heavy atom. The molecule has 9 heteroatoms. The van der Waals surface area contributed by atoms with Crippen LogP contribution in [-0.2, 0) is 31.6 Å². The molecule has 1 aliphatic rings. The molecule has 1 amide bonds. The third-order valence-corrected chi connectivity index (χ3v) is 5.65. The van der Waals surface area contributed by atoms with E-state index in [9.17, 15) is 13.6 Å². The third kappa shape index (κ3) is 6.49. The molecule has 1 heterocycles. The predicted molar refractivity (Wildman–Crippen MR) is 117 cm³/mol. The highest BCUT2D eigenvalue weighted by atomic mass is 32.2. The summed E-state index contributed by atoms with van der Waals surface area (Å²) in [6, 6.07) is 14.0. The molecule has 1 fully saturated rings. The Morgan fingerprint density at radius 2 is 1.90 bits per heavy atom. The maximum atomic E-state index is 12.2. The zero-order valence-electron chi connectivity index (χ0n) is 17.6. The number of hydrogen-bond donors (Lipinski definition) is 1. The van der Waals surface area contributed by atoms with Crippen molar-refractivity contribution in [2.45, 2.75) is 38.0 Å². The number of benzene rings is 2. The monoisotopic (exact) mass is 439 g/mol. The topological polar surface area (TPSA) is 111 Å². The van der Waals surface area contributed by atoms with Crippen LogP contribution in [0.2, 0.25) is 0 Å². The summed E-state index contributed by atoms with van der Waals surface area (Å²) in [5.41, 5.74) is 2.52. The van der Waals surface area contributed by atoms with Crippen molar-refractivity contribution in [1.29, 1.82) is 5.26 Å². The summed E-state index contributed by atoms with van der Waals surface area (Å²) in [4.78, 5) is 12.1. The average Bonchev–Trinajstić information content (AvgIpc) is 2.74. The van der Waals surface area contributed by atoms with Crippen LogP contribution in [0.15, 0.2) is 47.4 Å². The van der Waals surface area contributed by atoms with Gasteiger partial charge in [0.1, 0.15) is 6.07 Å². The van der Waals surface area contributed by atoms with Crippen molar-refractivity contribution in [2.24, 2.45) is 5.41 Å². The predicted octanol–water partition coefficient (Wildman–Crippen LogP) is 2.53. The minimum absolute atomic E-state index is 0.000659. The fourth-order valence-electron chi connectivity index (χ4n) is 3.24. The number of nitrogens with one attached hydrogen (secondary N) is 1. The van der Waals surface area contributed by atoms with E-state index in [1.54, 1.807) is 0 Å². The first-order chi connectivity index (χ1) is 14.8. The molecule has 1 unspecified atom stereocenters. The third-order valence-electron chi connectivity index (χ3n) is 4.94. The van der Waals surface area contributed by atoms with E-state index in [0.29, 0.717) is 31.7 Å². The van der Waals surface area contributed by atoms with E-state index in [-0.39, 0.29) is 28.9 Å². The quantitative estimate of drug-likeness (QED) is 0.524. The molecule has 1 saturated heterocycles. The van der Waals surface area contributed by atoms with Crippen molar-refractivity contribution >= 4 is 35.3 Å². The van der Waals surface area contributed by atoms with Crippen LogP contribution >= 0.6 is 0 Å². The van der Waals surface area contributed by atoms with Crippen LogP contribution in [0.1, 0.15) is 37.8 Å². The van der Waals surface area contributed by atoms with Gasteiger partial charge < -0.3 is 19.2 Å². The lowest BCUT2D eigenvalue weighted by molar-refractivity contribution is -0.116. The molecule has 7 nitrogen and oxygen atoms in total. The number of nitrogens with zero attached hydrogens (tertiary/aromatic N) is 1. The molecule has 0 radical (unpaired) electrons. The van der Waals surface area contributed by atoms with E-state index < -0.39 is 11.1 Å². The molecule has 0 aromatic heterocycles. The fraction of sp³-hybridized carbons (Fsp3) is 0.364. The van der Waals surface area contributed by atoms with E-state index in [1.807, 2.05) is 30.3 Å². The highest BCUT2D eigenvalue weighted by molar-refractivity contribution is 7.79. The second kappa shape index (κ2) is 10.2. The largest absolute Gasteiger partial charge is 0.768 e. The zero-order valence-corrected chi connectivity index (χ0v) is 18.4. The summed E-state index contributed by atoms with van der Waals surface area (Å²) in [6.45, 7) is 5.52. The standard InChI is InChI=1S/C22H25BN2O5S/c1-22(2)14-29-23(30-15-22)18-8-6-16(7-9-18)4-3-5-21(26)25-19-10-11-20(31(27)28)17(12-19)13-24/h6-12H,3-5,14-15H2,1-2H3,(H,25,26)(H,27,28)/p-1. The van der Waals surface area contributed by atoms with Gasteiger partial charge >= 0.3 is 7.12 Å². The first-order valence-electron chi connectivity index (χ1n) is 10.0. The summed E-state index contributed by atoms with van der Waals surface area (Å²) in [7, 11) is -0.336. The number of anilines is 1. The van der Waals surface area contributed by atoms with Crippen molar-refractivity contribution in [3.05, 3.63) is 53.6 Å². The summed E-state index contributed by atoms with van der Waals surface area (Å²) in [5.74, 6) is -0.192. The Morgan fingerprint density at radius 1 is 1.23 bits per heavy atom. The molecule has 1 aliphatic heterocycles. The average molecular weight is 439 g/mol. The molecule has 1 atom stereocenters. The van der Waals surface area contributed by atoms with Gasteiger partial charge in [-0.15, -0.1) is 0 Å². The van der Waals surface area contributed by atoms with E-state index in [2.05, 4.69) is 19.2 Å². The SMILES string of the molecule is CC1(C)COB(c2ccc(CCCC(=O)Nc3ccc(S(=O)[O-])c(C#N)c3)cc2)OC1. The van der Waals surface area contributed by atoms with Crippen LogP contribution in [0, 0.1) is 16.7 Å². The molecule has 2 aromatic carbocycles. The van der Waals surface area contributed by atoms with Crippen molar-refractivity contribution < 1.29 is 22.9 Å². The molecule has 0 saturated carbocycles. The number of aryl methyl sites for hydroxylation is 1. The zero-order chi connectivity index (χ0) is 22.4. The van der Waals surface area contributed by atoms with E-state index >= 15 is 0 Å². The van der Waals surface area contributed by atoms with Crippen LogP contribution in [0.3, 0.4) is 0 Å². The van der Waals surface area contributed by atoms with Gasteiger partial charge in [0.2, 0.25) is 5.91 Å². The van der Waals surface area contributed by atoms with Gasteiger partial charge in [-0.2, -0.15) is 5.26 Å². The van der Waals surface area contributed by atoms with E-state index in [1.165, 1.54) is 18.2 Å². The van der Waals surface area contributed by atoms with Crippen molar-refractivity contribution in [1.82, 2.24) is 0 Å². The summed E-state index contributed by atoms with van der Waals surface area (Å²) in [5, 5.41) is 11.8. The fourth-order valence-corrected chi connectivity index (χ4v) is 3.71. The Labute approximate surface area is 185 Å². The van der Waals surface area contributed by atoms with Gasteiger partial charge in [-0.1, -0.05) is 38.1 Å². The number of hydrogen-bond acceptors (Lipinski definition) is 6. The molecular formula is C22H24BN2O5S-. The number of carbonyl (C=O) groups excluding carboxylic acids is 1. The van der Waals surface area contributed by atoms with Gasteiger partial charge in [0, 0.05) is 35.6 Å². The number of carbonyl (C=O) groups is 1. The maximum absolute atomic E-state index is 12.2. The van der Waals surface area contributed by atoms with Gasteiger partial charge in [0.25, 0.3) is 0 Å². The Hall–Kier alpha value is -2.51.